The van der Waals surface area contributed by atoms with Gasteiger partial charge in [-0.2, -0.15) is 0 Å². The third-order valence-electron chi connectivity index (χ3n) is 3.81. The van der Waals surface area contributed by atoms with Crippen molar-refractivity contribution in [2.24, 2.45) is 0 Å². The molecule has 0 spiro atoms. The lowest BCUT2D eigenvalue weighted by Crippen LogP contribution is -2.43. The molecule has 0 aliphatic heterocycles. The second-order valence-electron chi connectivity index (χ2n) is 5.76. The molecule has 0 saturated carbocycles. The number of amides is 3. The Morgan fingerprint density at radius 3 is 2.17 bits per heavy atom. The van der Waals surface area contributed by atoms with E-state index in [9.17, 15) is 14.4 Å². The van der Waals surface area contributed by atoms with Crippen molar-refractivity contribution in [1.29, 1.82) is 0 Å². The molecule has 24 heavy (non-hydrogen) atoms. The lowest BCUT2D eigenvalue weighted by Gasteiger charge is -2.24. The molecular formula is C18H27N3O3. The second-order valence-corrected chi connectivity index (χ2v) is 5.76. The average molecular weight is 333 g/mol. The van der Waals surface area contributed by atoms with E-state index < -0.39 is 0 Å². The summed E-state index contributed by atoms with van der Waals surface area (Å²) in [5.41, 5.74) is 0.557. The van der Waals surface area contributed by atoms with E-state index in [1.54, 1.807) is 43.1 Å². The third-order valence-corrected chi connectivity index (χ3v) is 3.81. The Labute approximate surface area is 143 Å². The second kappa shape index (κ2) is 9.70. The number of benzene rings is 1. The molecule has 1 rings (SSSR count). The first-order valence-corrected chi connectivity index (χ1v) is 8.26. The van der Waals surface area contributed by atoms with Crippen molar-refractivity contribution in [3.05, 3.63) is 35.9 Å². The predicted octanol–water partition coefficient (Wildman–Crippen LogP) is 1.52. The van der Waals surface area contributed by atoms with Crippen molar-refractivity contribution in [2.75, 3.05) is 26.7 Å². The van der Waals surface area contributed by atoms with Gasteiger partial charge in [0.1, 0.15) is 0 Å². The molecule has 132 valence electrons. The Morgan fingerprint density at radius 1 is 1.04 bits per heavy atom. The monoisotopic (exact) mass is 333 g/mol. The van der Waals surface area contributed by atoms with E-state index in [1.165, 1.54) is 4.90 Å². The molecule has 0 bridgehead atoms. The van der Waals surface area contributed by atoms with Gasteiger partial charge in [0.25, 0.3) is 5.91 Å². The van der Waals surface area contributed by atoms with Crippen LogP contribution < -0.4 is 5.32 Å². The highest BCUT2D eigenvalue weighted by molar-refractivity contribution is 5.94. The van der Waals surface area contributed by atoms with Crippen LogP contribution in [0.2, 0.25) is 0 Å². The molecule has 0 fully saturated rings. The summed E-state index contributed by atoms with van der Waals surface area (Å²) in [4.78, 5) is 39.4. The van der Waals surface area contributed by atoms with Crippen molar-refractivity contribution >= 4 is 17.7 Å². The lowest BCUT2D eigenvalue weighted by molar-refractivity contribution is -0.139. The summed E-state index contributed by atoms with van der Waals surface area (Å²) in [7, 11) is 1.61. The maximum Gasteiger partial charge on any atom is 0.251 e. The molecule has 6 heteroatoms. The smallest absolute Gasteiger partial charge is 0.251 e. The van der Waals surface area contributed by atoms with Crippen molar-refractivity contribution in [2.45, 2.75) is 33.2 Å². The maximum absolute atomic E-state index is 12.2. The molecule has 0 aromatic heterocycles. The van der Waals surface area contributed by atoms with Gasteiger partial charge in [-0.1, -0.05) is 18.2 Å². The number of hydrogen-bond donors (Lipinski definition) is 1. The summed E-state index contributed by atoms with van der Waals surface area (Å²) in [5.74, 6) is -0.453. The number of rotatable bonds is 8. The minimum Gasteiger partial charge on any atom is -0.349 e. The van der Waals surface area contributed by atoms with Crippen LogP contribution in [-0.2, 0) is 9.59 Å². The van der Waals surface area contributed by atoms with Crippen LogP contribution in [-0.4, -0.2) is 60.2 Å². The van der Waals surface area contributed by atoms with Crippen LogP contribution in [0.1, 0.15) is 37.6 Å². The van der Waals surface area contributed by atoms with Gasteiger partial charge < -0.3 is 15.1 Å². The highest BCUT2D eigenvalue weighted by atomic mass is 16.2. The zero-order chi connectivity index (χ0) is 18.1. The fraction of sp³-hybridized carbons (Fsp3) is 0.500. The zero-order valence-corrected chi connectivity index (χ0v) is 14.9. The highest BCUT2D eigenvalue weighted by Gasteiger charge is 2.19. The number of carbonyl (C=O) groups is 3. The van der Waals surface area contributed by atoms with Crippen molar-refractivity contribution < 1.29 is 14.4 Å². The van der Waals surface area contributed by atoms with Gasteiger partial charge in [0.05, 0.1) is 6.54 Å². The van der Waals surface area contributed by atoms with Crippen molar-refractivity contribution in [3.8, 4) is 0 Å². The molecule has 1 atom stereocenters. The Balaban J connectivity index is 2.48. The van der Waals surface area contributed by atoms with Crippen molar-refractivity contribution in [1.82, 2.24) is 15.1 Å². The molecule has 0 radical (unpaired) electrons. The fourth-order valence-electron chi connectivity index (χ4n) is 2.33. The topological polar surface area (TPSA) is 69.7 Å². The first kappa shape index (κ1) is 19.7. The SMILES string of the molecule is CCN(CC)C(=O)CN(C)C(=O)CC(C)NC(=O)c1ccccc1. The van der Waals surface area contributed by atoms with E-state index >= 15 is 0 Å². The van der Waals surface area contributed by atoms with Gasteiger partial charge in [-0.05, 0) is 32.9 Å². The zero-order valence-electron chi connectivity index (χ0n) is 14.9. The van der Waals surface area contributed by atoms with E-state index in [-0.39, 0.29) is 36.7 Å². The van der Waals surface area contributed by atoms with Gasteiger partial charge in [0, 0.05) is 38.2 Å². The van der Waals surface area contributed by atoms with Gasteiger partial charge in [-0.25, -0.2) is 0 Å². The normalized spacial score (nSPS) is 11.5. The molecule has 3 amide bonds. The minimum atomic E-state index is -0.309. The molecule has 1 N–H and O–H groups in total. The quantitative estimate of drug-likeness (QED) is 0.784. The molecule has 1 unspecified atom stereocenters. The fourth-order valence-corrected chi connectivity index (χ4v) is 2.33. The van der Waals surface area contributed by atoms with Crippen LogP contribution >= 0.6 is 0 Å². The van der Waals surface area contributed by atoms with E-state index in [1.807, 2.05) is 19.9 Å². The molecular weight excluding hydrogens is 306 g/mol. The van der Waals surface area contributed by atoms with Crippen LogP contribution in [0.3, 0.4) is 0 Å². The summed E-state index contributed by atoms with van der Waals surface area (Å²) < 4.78 is 0. The largest absolute Gasteiger partial charge is 0.349 e. The molecule has 0 saturated heterocycles. The summed E-state index contributed by atoms with van der Waals surface area (Å²) in [6.45, 7) is 6.90. The summed E-state index contributed by atoms with van der Waals surface area (Å²) in [6, 6.07) is 8.55. The standard InChI is InChI=1S/C18H27N3O3/c1-5-21(6-2)17(23)13-20(4)16(22)12-14(3)19-18(24)15-10-8-7-9-11-15/h7-11,14H,5-6,12-13H2,1-4H3,(H,19,24). The number of nitrogens with zero attached hydrogens (tertiary/aromatic N) is 2. The van der Waals surface area contributed by atoms with E-state index in [0.29, 0.717) is 18.7 Å². The molecule has 6 nitrogen and oxygen atoms in total. The van der Waals surface area contributed by atoms with Crippen LogP contribution in [0.15, 0.2) is 30.3 Å². The third kappa shape index (κ3) is 6.02. The molecule has 1 aromatic rings. The van der Waals surface area contributed by atoms with E-state index in [0.717, 1.165) is 0 Å². The summed E-state index contributed by atoms with van der Waals surface area (Å²) in [6.07, 6.45) is 0.153. The van der Waals surface area contributed by atoms with Crippen LogP contribution in [0.5, 0.6) is 0 Å². The van der Waals surface area contributed by atoms with E-state index in [2.05, 4.69) is 5.32 Å². The number of nitrogens with one attached hydrogen (secondary N) is 1. The van der Waals surface area contributed by atoms with Gasteiger partial charge in [0.2, 0.25) is 11.8 Å². The first-order valence-electron chi connectivity index (χ1n) is 8.26. The number of hydrogen-bond acceptors (Lipinski definition) is 3. The molecule has 0 aliphatic rings. The van der Waals surface area contributed by atoms with Crippen LogP contribution in [0.25, 0.3) is 0 Å². The van der Waals surface area contributed by atoms with Crippen LogP contribution in [0.4, 0.5) is 0 Å². The Hall–Kier alpha value is -2.37. The van der Waals surface area contributed by atoms with Gasteiger partial charge in [-0.3, -0.25) is 14.4 Å². The number of likely N-dealkylation sites (N-methyl/N-ethyl adjacent to an activating group) is 2. The van der Waals surface area contributed by atoms with E-state index in [4.69, 9.17) is 0 Å². The average Bonchev–Trinajstić information content (AvgIpc) is 2.56. The molecule has 1 aromatic carbocycles. The van der Waals surface area contributed by atoms with Gasteiger partial charge >= 0.3 is 0 Å². The first-order chi connectivity index (χ1) is 11.4. The Morgan fingerprint density at radius 2 is 1.62 bits per heavy atom. The maximum atomic E-state index is 12.2. The molecule has 0 heterocycles. The Bertz CT molecular complexity index is 556. The highest BCUT2D eigenvalue weighted by Crippen LogP contribution is 2.02. The van der Waals surface area contributed by atoms with Crippen molar-refractivity contribution in [3.63, 3.8) is 0 Å². The summed E-state index contributed by atoms with van der Waals surface area (Å²) in [5, 5.41) is 2.80. The molecule has 0 aliphatic carbocycles. The minimum absolute atomic E-state index is 0.0554. The number of carbonyl (C=O) groups excluding carboxylic acids is 3. The predicted molar refractivity (Wildman–Crippen MR) is 93.6 cm³/mol. The van der Waals surface area contributed by atoms with Gasteiger partial charge in [-0.15, -0.1) is 0 Å². The van der Waals surface area contributed by atoms with Crippen LogP contribution in [0, 0.1) is 0 Å². The summed E-state index contributed by atoms with van der Waals surface area (Å²) >= 11 is 0. The lowest BCUT2D eigenvalue weighted by atomic mass is 10.1. The Kier molecular flexibility index (Phi) is 7.95. The van der Waals surface area contributed by atoms with Gasteiger partial charge in [0.15, 0.2) is 0 Å².